The second-order valence-electron chi connectivity index (χ2n) is 4.65. The van der Waals surface area contributed by atoms with Crippen molar-refractivity contribution >= 4 is 29.4 Å². The van der Waals surface area contributed by atoms with Gasteiger partial charge in [0.25, 0.3) is 0 Å². The standard InChI is InChI=1S/C12H13ClN4O2/c13-8-1-2-10(14-5-8)16-4-3-9(7-16)17-11(18)6-15-12(17)19/h1-2,5,9H,3-4,6-7H2,(H,15,19). The highest BCUT2D eigenvalue weighted by Crippen LogP contribution is 2.23. The first-order chi connectivity index (χ1) is 9.15. The van der Waals surface area contributed by atoms with Gasteiger partial charge in [-0.15, -0.1) is 0 Å². The van der Waals surface area contributed by atoms with Gasteiger partial charge in [0.05, 0.1) is 17.6 Å². The molecule has 2 fully saturated rings. The summed E-state index contributed by atoms with van der Waals surface area (Å²) in [6, 6.07) is 3.26. The normalized spacial score (nSPS) is 23.1. The Kier molecular flexibility index (Phi) is 3.02. The van der Waals surface area contributed by atoms with Crippen molar-refractivity contribution < 1.29 is 9.59 Å². The molecule has 1 aromatic rings. The van der Waals surface area contributed by atoms with Gasteiger partial charge in [0.2, 0.25) is 5.91 Å². The maximum atomic E-state index is 11.7. The van der Waals surface area contributed by atoms with Crippen LogP contribution < -0.4 is 10.2 Å². The third-order valence-corrected chi connectivity index (χ3v) is 3.67. The van der Waals surface area contributed by atoms with Crippen LogP contribution in [0.1, 0.15) is 6.42 Å². The van der Waals surface area contributed by atoms with Crippen LogP contribution in [-0.4, -0.2) is 47.5 Å². The molecule has 0 aromatic carbocycles. The monoisotopic (exact) mass is 280 g/mol. The largest absolute Gasteiger partial charge is 0.354 e. The summed E-state index contributed by atoms with van der Waals surface area (Å²) >= 11 is 5.80. The Morgan fingerprint density at radius 3 is 2.84 bits per heavy atom. The number of rotatable bonds is 2. The third-order valence-electron chi connectivity index (χ3n) is 3.44. The topological polar surface area (TPSA) is 65.5 Å². The van der Waals surface area contributed by atoms with Crippen molar-refractivity contribution in [2.24, 2.45) is 0 Å². The SMILES string of the molecule is O=C1CNC(=O)N1C1CCN(c2ccc(Cl)cn2)C1. The molecule has 19 heavy (non-hydrogen) atoms. The zero-order valence-electron chi connectivity index (χ0n) is 10.2. The maximum absolute atomic E-state index is 11.7. The highest BCUT2D eigenvalue weighted by Gasteiger charge is 2.38. The molecule has 0 saturated carbocycles. The summed E-state index contributed by atoms with van der Waals surface area (Å²) in [6.45, 7) is 1.50. The van der Waals surface area contributed by atoms with Crippen molar-refractivity contribution in [3.05, 3.63) is 23.4 Å². The molecule has 2 saturated heterocycles. The van der Waals surface area contributed by atoms with Gasteiger partial charge in [-0.05, 0) is 18.6 Å². The maximum Gasteiger partial charge on any atom is 0.324 e. The number of carbonyl (C=O) groups is 2. The Labute approximate surface area is 115 Å². The molecule has 0 bridgehead atoms. The summed E-state index contributed by atoms with van der Waals surface area (Å²) in [7, 11) is 0. The van der Waals surface area contributed by atoms with Crippen LogP contribution in [0.5, 0.6) is 0 Å². The second kappa shape index (κ2) is 4.70. The summed E-state index contributed by atoms with van der Waals surface area (Å²) in [6.07, 6.45) is 2.36. The van der Waals surface area contributed by atoms with Gasteiger partial charge in [-0.1, -0.05) is 11.6 Å². The average molecular weight is 281 g/mol. The zero-order chi connectivity index (χ0) is 13.4. The van der Waals surface area contributed by atoms with Crippen LogP contribution in [0.3, 0.4) is 0 Å². The number of hydrogen-bond donors (Lipinski definition) is 1. The Morgan fingerprint density at radius 1 is 1.37 bits per heavy atom. The van der Waals surface area contributed by atoms with Gasteiger partial charge in [0.1, 0.15) is 5.82 Å². The van der Waals surface area contributed by atoms with Gasteiger partial charge in [0.15, 0.2) is 0 Å². The fraction of sp³-hybridized carbons (Fsp3) is 0.417. The lowest BCUT2D eigenvalue weighted by atomic mass is 10.2. The molecule has 0 radical (unpaired) electrons. The Hall–Kier alpha value is -1.82. The number of hydrogen-bond acceptors (Lipinski definition) is 4. The van der Waals surface area contributed by atoms with Gasteiger partial charge in [-0.3, -0.25) is 9.69 Å². The molecule has 6 nitrogen and oxygen atoms in total. The Bertz CT molecular complexity index is 503. The number of urea groups is 1. The average Bonchev–Trinajstić information content (AvgIpc) is 2.98. The van der Waals surface area contributed by atoms with E-state index in [9.17, 15) is 9.59 Å². The highest BCUT2D eigenvalue weighted by molar-refractivity contribution is 6.30. The van der Waals surface area contributed by atoms with E-state index in [4.69, 9.17) is 11.6 Å². The molecule has 1 unspecified atom stereocenters. The van der Waals surface area contributed by atoms with E-state index in [1.54, 1.807) is 12.3 Å². The molecule has 100 valence electrons. The molecule has 3 rings (SSSR count). The smallest absolute Gasteiger partial charge is 0.324 e. The minimum atomic E-state index is -0.291. The van der Waals surface area contributed by atoms with Crippen LogP contribution in [-0.2, 0) is 4.79 Å². The van der Waals surface area contributed by atoms with E-state index < -0.39 is 0 Å². The summed E-state index contributed by atoms with van der Waals surface area (Å²) in [5.41, 5.74) is 0. The Morgan fingerprint density at radius 2 is 2.21 bits per heavy atom. The number of imide groups is 1. The molecule has 1 atom stereocenters. The lowest BCUT2D eigenvalue weighted by Crippen LogP contribution is -2.42. The molecule has 3 amide bonds. The molecule has 3 heterocycles. The van der Waals surface area contributed by atoms with Crippen LogP contribution in [0.15, 0.2) is 18.3 Å². The molecule has 2 aliphatic rings. The van der Waals surface area contributed by atoms with Crippen molar-refractivity contribution in [3.8, 4) is 0 Å². The molecule has 7 heteroatoms. The van der Waals surface area contributed by atoms with Gasteiger partial charge < -0.3 is 10.2 Å². The van der Waals surface area contributed by atoms with Crippen LogP contribution >= 0.6 is 11.6 Å². The van der Waals surface area contributed by atoms with E-state index in [2.05, 4.69) is 15.2 Å². The van der Waals surface area contributed by atoms with Crippen LogP contribution in [0.25, 0.3) is 0 Å². The second-order valence-corrected chi connectivity index (χ2v) is 5.08. The summed E-state index contributed by atoms with van der Waals surface area (Å²) in [5, 5.41) is 3.14. The number of pyridine rings is 1. The molecule has 1 aromatic heterocycles. The van der Waals surface area contributed by atoms with Gasteiger partial charge in [-0.25, -0.2) is 9.78 Å². The number of aromatic nitrogens is 1. The first kappa shape index (κ1) is 12.2. The number of nitrogens with zero attached hydrogens (tertiary/aromatic N) is 3. The molecule has 1 N–H and O–H groups in total. The van der Waals surface area contributed by atoms with Crippen molar-refractivity contribution in [2.45, 2.75) is 12.5 Å². The highest BCUT2D eigenvalue weighted by atomic mass is 35.5. The predicted molar refractivity (Wildman–Crippen MR) is 70.1 cm³/mol. The van der Waals surface area contributed by atoms with E-state index >= 15 is 0 Å². The van der Waals surface area contributed by atoms with Gasteiger partial charge in [0, 0.05) is 19.3 Å². The van der Waals surface area contributed by atoms with Crippen molar-refractivity contribution in [2.75, 3.05) is 24.5 Å². The van der Waals surface area contributed by atoms with E-state index in [1.807, 2.05) is 6.07 Å². The van der Waals surface area contributed by atoms with Gasteiger partial charge >= 0.3 is 6.03 Å². The van der Waals surface area contributed by atoms with Crippen molar-refractivity contribution in [1.82, 2.24) is 15.2 Å². The number of amides is 3. The van der Waals surface area contributed by atoms with E-state index in [1.165, 1.54) is 4.90 Å². The lowest BCUT2D eigenvalue weighted by Gasteiger charge is -2.22. The molecular weight excluding hydrogens is 268 g/mol. The van der Waals surface area contributed by atoms with Crippen molar-refractivity contribution in [1.29, 1.82) is 0 Å². The summed E-state index contributed by atoms with van der Waals surface area (Å²) < 4.78 is 0. The Balaban J connectivity index is 1.72. The molecule has 2 aliphatic heterocycles. The minimum Gasteiger partial charge on any atom is -0.354 e. The fourth-order valence-corrected chi connectivity index (χ4v) is 2.63. The van der Waals surface area contributed by atoms with Crippen LogP contribution in [0, 0.1) is 0 Å². The zero-order valence-corrected chi connectivity index (χ0v) is 10.9. The minimum absolute atomic E-state index is 0.0764. The lowest BCUT2D eigenvalue weighted by molar-refractivity contribution is -0.126. The van der Waals surface area contributed by atoms with Crippen molar-refractivity contribution in [3.63, 3.8) is 0 Å². The predicted octanol–water partition coefficient (Wildman–Crippen LogP) is 0.865. The third kappa shape index (κ3) is 2.23. The van der Waals surface area contributed by atoms with Crippen LogP contribution in [0.2, 0.25) is 5.02 Å². The number of halogens is 1. The molecule has 0 spiro atoms. The van der Waals surface area contributed by atoms with Gasteiger partial charge in [-0.2, -0.15) is 0 Å². The number of carbonyl (C=O) groups excluding carboxylic acids is 2. The van der Waals surface area contributed by atoms with Crippen LogP contribution in [0.4, 0.5) is 10.6 Å². The number of nitrogens with one attached hydrogen (secondary N) is 1. The molecular formula is C12H13ClN4O2. The summed E-state index contributed by atoms with van der Waals surface area (Å²) in [4.78, 5) is 30.9. The van der Waals surface area contributed by atoms with E-state index in [0.29, 0.717) is 11.6 Å². The first-order valence-electron chi connectivity index (χ1n) is 6.11. The quantitative estimate of drug-likeness (QED) is 0.816. The van der Waals surface area contributed by atoms with E-state index in [0.717, 1.165) is 18.8 Å². The molecule has 0 aliphatic carbocycles. The first-order valence-corrected chi connectivity index (χ1v) is 6.49. The fourth-order valence-electron chi connectivity index (χ4n) is 2.52. The number of anilines is 1. The summed E-state index contributed by atoms with van der Waals surface area (Å²) in [5.74, 6) is 0.667. The van der Waals surface area contributed by atoms with E-state index in [-0.39, 0.29) is 24.5 Å².